The molecule has 6 nitrogen and oxygen atoms in total. The summed E-state index contributed by atoms with van der Waals surface area (Å²) >= 11 is 0. The number of halogens is 3. The fraction of sp³-hybridized carbons (Fsp3) is 0.172. The van der Waals surface area contributed by atoms with E-state index in [2.05, 4.69) is 10.3 Å². The molecule has 38 heavy (non-hydrogen) atoms. The largest absolute Gasteiger partial charge is 0.481 e. The van der Waals surface area contributed by atoms with E-state index in [1.807, 2.05) is 32.0 Å². The minimum absolute atomic E-state index is 0.00577. The first-order chi connectivity index (χ1) is 18.0. The first-order valence-electron chi connectivity index (χ1n) is 12.0. The Kier molecular flexibility index (Phi) is 6.22. The number of hydrogen-bond donors (Lipinski definition) is 3. The molecule has 1 aliphatic rings. The predicted molar refractivity (Wildman–Crippen MR) is 140 cm³/mol. The van der Waals surface area contributed by atoms with Crippen molar-refractivity contribution >= 4 is 45.4 Å². The summed E-state index contributed by atoms with van der Waals surface area (Å²) in [7, 11) is 0. The summed E-state index contributed by atoms with van der Waals surface area (Å²) in [5, 5.41) is 13.0. The van der Waals surface area contributed by atoms with Crippen LogP contribution in [0.25, 0.3) is 16.5 Å². The molecule has 0 saturated heterocycles. The lowest BCUT2D eigenvalue weighted by molar-refractivity contribution is -0.138. The zero-order valence-electron chi connectivity index (χ0n) is 20.6. The molecule has 0 radical (unpaired) electrons. The zero-order valence-corrected chi connectivity index (χ0v) is 20.6. The average Bonchev–Trinajstić information content (AvgIpc) is 3.40. The van der Waals surface area contributed by atoms with Crippen LogP contribution in [0.1, 0.15) is 34.2 Å². The first kappa shape index (κ1) is 25.1. The van der Waals surface area contributed by atoms with Gasteiger partial charge in [0.05, 0.1) is 28.0 Å². The molecule has 2 heterocycles. The fourth-order valence-corrected chi connectivity index (χ4v) is 4.66. The molecule has 4 aromatic rings. The zero-order chi connectivity index (χ0) is 27.2. The predicted octanol–water partition coefficient (Wildman–Crippen LogP) is 6.95. The second-order valence-electron chi connectivity index (χ2n) is 9.28. The summed E-state index contributed by atoms with van der Waals surface area (Å²) in [6.07, 6.45) is -0.949. The highest BCUT2D eigenvalue weighted by Crippen LogP contribution is 2.44. The molecule has 0 atom stereocenters. The molecule has 1 amide bonds. The Balaban J connectivity index is 1.56. The van der Waals surface area contributed by atoms with Crippen LogP contribution in [0.15, 0.2) is 67.0 Å². The van der Waals surface area contributed by atoms with Crippen molar-refractivity contribution in [1.29, 1.82) is 0 Å². The average molecular weight is 520 g/mol. The number of aromatic amines is 1. The maximum Gasteiger partial charge on any atom is 0.416 e. The number of H-pyrrole nitrogens is 1. The van der Waals surface area contributed by atoms with Crippen molar-refractivity contribution < 1.29 is 27.9 Å². The van der Waals surface area contributed by atoms with Crippen molar-refractivity contribution in [2.75, 3.05) is 10.2 Å². The quantitative estimate of drug-likeness (QED) is 0.241. The van der Waals surface area contributed by atoms with Gasteiger partial charge in [0.25, 0.3) is 5.91 Å². The third kappa shape index (κ3) is 4.51. The van der Waals surface area contributed by atoms with Crippen LogP contribution in [0.2, 0.25) is 0 Å². The number of benzene rings is 3. The highest BCUT2D eigenvalue weighted by molar-refractivity contribution is 6.35. The van der Waals surface area contributed by atoms with Gasteiger partial charge >= 0.3 is 12.1 Å². The molecule has 5 rings (SSSR count). The third-order valence-corrected chi connectivity index (χ3v) is 6.82. The van der Waals surface area contributed by atoms with Gasteiger partial charge in [0, 0.05) is 35.5 Å². The van der Waals surface area contributed by atoms with Crippen LogP contribution < -0.4 is 10.2 Å². The van der Waals surface area contributed by atoms with E-state index in [9.17, 15) is 22.8 Å². The molecule has 0 aliphatic carbocycles. The smallest absolute Gasteiger partial charge is 0.416 e. The molecule has 0 spiro atoms. The van der Waals surface area contributed by atoms with Crippen molar-refractivity contribution in [3.8, 4) is 0 Å². The van der Waals surface area contributed by atoms with E-state index in [1.54, 1.807) is 24.4 Å². The Morgan fingerprint density at radius 1 is 1.08 bits per heavy atom. The monoisotopic (exact) mass is 519 g/mol. The van der Waals surface area contributed by atoms with E-state index in [-0.39, 0.29) is 17.7 Å². The van der Waals surface area contributed by atoms with Gasteiger partial charge in [-0.1, -0.05) is 24.3 Å². The summed E-state index contributed by atoms with van der Waals surface area (Å²) in [5.41, 5.74) is 4.55. The van der Waals surface area contributed by atoms with Crippen molar-refractivity contribution in [3.63, 3.8) is 0 Å². The Morgan fingerprint density at radius 3 is 2.58 bits per heavy atom. The van der Waals surface area contributed by atoms with E-state index < -0.39 is 23.6 Å². The maximum absolute atomic E-state index is 13.6. The molecule has 0 fully saturated rings. The lowest BCUT2D eigenvalue weighted by atomic mass is 10.0. The van der Waals surface area contributed by atoms with E-state index in [0.29, 0.717) is 23.4 Å². The van der Waals surface area contributed by atoms with Crippen LogP contribution in [0.5, 0.6) is 0 Å². The topological polar surface area (TPSA) is 85.4 Å². The van der Waals surface area contributed by atoms with Gasteiger partial charge in [-0.2, -0.15) is 13.2 Å². The molecule has 1 aliphatic heterocycles. The van der Waals surface area contributed by atoms with Gasteiger partial charge in [-0.3, -0.25) is 14.5 Å². The highest BCUT2D eigenvalue weighted by atomic mass is 19.4. The second-order valence-corrected chi connectivity index (χ2v) is 9.28. The molecule has 1 aromatic heterocycles. The standard InChI is InChI=1S/C29H24F3N3O3/c1-16-6-9-20(12-17(16)2)35-25-13-19(29(30,31)32)8-10-22(25)23(28(35)38)15-33-24-5-3-4-21-18(7-11-26(36)37)14-34-27(21)24/h3-6,8-10,12-15,33-34H,7,11H2,1-2H3,(H,36,37)/b23-15-. The number of nitrogens with one attached hydrogen (secondary N) is 2. The van der Waals surface area contributed by atoms with Crippen LogP contribution in [0.3, 0.4) is 0 Å². The molecule has 0 bridgehead atoms. The number of rotatable bonds is 6. The molecule has 3 aromatic carbocycles. The lowest BCUT2D eigenvalue weighted by Crippen LogP contribution is -2.21. The van der Waals surface area contributed by atoms with Crippen molar-refractivity contribution in [3.05, 3.63) is 94.8 Å². The lowest BCUT2D eigenvalue weighted by Gasteiger charge is -2.19. The van der Waals surface area contributed by atoms with Gasteiger partial charge in [0.15, 0.2) is 0 Å². The number of hydrogen-bond acceptors (Lipinski definition) is 3. The molecular weight excluding hydrogens is 495 g/mol. The summed E-state index contributed by atoms with van der Waals surface area (Å²) in [6.45, 7) is 3.80. The SMILES string of the molecule is Cc1ccc(N2C(=O)/C(=C\Nc3cccc4c(CCC(=O)O)c[nH]c34)c3ccc(C(F)(F)F)cc32)cc1C. The molecule has 0 unspecified atom stereocenters. The van der Waals surface area contributed by atoms with Gasteiger partial charge in [-0.25, -0.2) is 0 Å². The number of alkyl halides is 3. The van der Waals surface area contributed by atoms with Crippen LogP contribution in [0, 0.1) is 13.8 Å². The Labute approximate surface area is 216 Å². The van der Waals surface area contributed by atoms with Gasteiger partial charge in [-0.05, 0) is 67.3 Å². The Hall–Kier alpha value is -4.53. The van der Waals surface area contributed by atoms with Crippen molar-refractivity contribution in [2.45, 2.75) is 32.9 Å². The third-order valence-electron chi connectivity index (χ3n) is 6.82. The van der Waals surface area contributed by atoms with Gasteiger partial charge in [-0.15, -0.1) is 0 Å². The molecule has 3 N–H and O–H groups in total. The van der Waals surface area contributed by atoms with Gasteiger partial charge in [0.1, 0.15) is 0 Å². The number of fused-ring (bicyclic) bond motifs is 2. The number of para-hydroxylation sites is 1. The Bertz CT molecular complexity index is 1620. The number of amides is 1. The number of aliphatic carboxylic acids is 1. The minimum atomic E-state index is -4.56. The van der Waals surface area contributed by atoms with Gasteiger partial charge < -0.3 is 15.4 Å². The molecule has 194 valence electrons. The van der Waals surface area contributed by atoms with E-state index in [0.717, 1.165) is 39.7 Å². The van der Waals surface area contributed by atoms with Crippen LogP contribution >= 0.6 is 0 Å². The van der Waals surface area contributed by atoms with E-state index in [1.165, 1.54) is 17.2 Å². The van der Waals surface area contributed by atoms with Crippen LogP contribution in [0.4, 0.5) is 30.2 Å². The van der Waals surface area contributed by atoms with Gasteiger partial charge in [0.2, 0.25) is 0 Å². The second kappa shape index (κ2) is 9.41. The number of anilines is 3. The summed E-state index contributed by atoms with van der Waals surface area (Å²) in [6, 6.07) is 14.1. The molecule has 0 saturated carbocycles. The maximum atomic E-state index is 13.6. The van der Waals surface area contributed by atoms with Crippen molar-refractivity contribution in [2.24, 2.45) is 0 Å². The number of carboxylic acid groups (broad SMARTS) is 1. The van der Waals surface area contributed by atoms with Crippen molar-refractivity contribution in [1.82, 2.24) is 4.98 Å². The number of carboxylic acids is 1. The Morgan fingerprint density at radius 2 is 1.87 bits per heavy atom. The van der Waals surface area contributed by atoms with Crippen LogP contribution in [-0.2, 0) is 22.2 Å². The number of nitrogens with zero attached hydrogens (tertiary/aromatic N) is 1. The molecular formula is C29H24F3N3O3. The highest BCUT2D eigenvalue weighted by Gasteiger charge is 2.38. The normalized spacial score (nSPS) is 14.4. The number of aromatic nitrogens is 1. The van der Waals surface area contributed by atoms with E-state index in [4.69, 9.17) is 5.11 Å². The molecule has 9 heteroatoms. The number of aryl methyl sites for hydroxylation is 3. The minimum Gasteiger partial charge on any atom is -0.481 e. The fourth-order valence-electron chi connectivity index (χ4n) is 4.66. The summed E-state index contributed by atoms with van der Waals surface area (Å²) in [5.74, 6) is -1.34. The number of carbonyl (C=O) groups is 2. The summed E-state index contributed by atoms with van der Waals surface area (Å²) in [4.78, 5) is 29.1. The summed E-state index contributed by atoms with van der Waals surface area (Å²) < 4.78 is 40.6. The van der Waals surface area contributed by atoms with Crippen LogP contribution in [-0.4, -0.2) is 22.0 Å². The first-order valence-corrected chi connectivity index (χ1v) is 12.0. The number of carbonyl (C=O) groups excluding carboxylic acids is 1. The van der Waals surface area contributed by atoms with E-state index >= 15 is 0 Å².